The van der Waals surface area contributed by atoms with Crippen LogP contribution in [0.1, 0.15) is 34.6 Å². The molecule has 0 bridgehead atoms. The third-order valence-electron chi connectivity index (χ3n) is 4.15. The molecule has 7 heteroatoms. The number of nitrogens with one attached hydrogen (secondary N) is 1. The van der Waals surface area contributed by atoms with Crippen molar-refractivity contribution in [3.63, 3.8) is 0 Å². The lowest BCUT2D eigenvalue weighted by Crippen LogP contribution is -2.22. The minimum absolute atomic E-state index is 0.000930. The van der Waals surface area contributed by atoms with Crippen LogP contribution in [0.15, 0.2) is 35.6 Å². The fourth-order valence-electron chi connectivity index (χ4n) is 2.49. The van der Waals surface area contributed by atoms with Gasteiger partial charge in [-0.05, 0) is 57.5 Å². The summed E-state index contributed by atoms with van der Waals surface area (Å²) >= 11 is 3.07. The zero-order chi connectivity index (χ0) is 18.8. The molecule has 1 atom stereocenters. The van der Waals surface area contributed by atoms with E-state index in [1.54, 1.807) is 41.9 Å². The van der Waals surface area contributed by atoms with Crippen molar-refractivity contribution in [2.45, 2.75) is 38.0 Å². The van der Waals surface area contributed by atoms with Gasteiger partial charge >= 0.3 is 0 Å². The summed E-state index contributed by atoms with van der Waals surface area (Å²) < 4.78 is 0. The number of carbonyl (C=O) groups is 2. The van der Waals surface area contributed by atoms with E-state index in [1.807, 2.05) is 6.92 Å². The van der Waals surface area contributed by atoms with Crippen molar-refractivity contribution in [3.05, 3.63) is 46.6 Å². The molecule has 0 saturated heterocycles. The first-order chi connectivity index (χ1) is 12.4. The molecule has 0 saturated carbocycles. The molecule has 2 aromatic heterocycles. The number of aryl methyl sites for hydroxylation is 2. The number of ketones is 1. The third-order valence-corrected chi connectivity index (χ3v) is 6.36. The van der Waals surface area contributed by atoms with Crippen LogP contribution >= 0.6 is 23.1 Å². The number of fused-ring (bicyclic) bond motifs is 1. The van der Waals surface area contributed by atoms with Gasteiger partial charge in [0.1, 0.15) is 16.2 Å². The Morgan fingerprint density at radius 3 is 2.50 bits per heavy atom. The van der Waals surface area contributed by atoms with E-state index in [9.17, 15) is 9.59 Å². The van der Waals surface area contributed by atoms with Gasteiger partial charge in [0, 0.05) is 21.5 Å². The number of amides is 1. The second-order valence-corrected chi connectivity index (χ2v) is 8.56. The first-order valence-corrected chi connectivity index (χ1v) is 9.85. The normalized spacial score (nSPS) is 12.2. The maximum absolute atomic E-state index is 12.5. The summed E-state index contributed by atoms with van der Waals surface area (Å²) in [5.41, 5.74) is 2.46. The van der Waals surface area contributed by atoms with Crippen LogP contribution in [-0.4, -0.2) is 26.9 Å². The molecule has 1 N–H and O–H groups in total. The van der Waals surface area contributed by atoms with Crippen molar-refractivity contribution in [2.24, 2.45) is 0 Å². The number of hydrogen-bond donors (Lipinski definition) is 1. The predicted octanol–water partition coefficient (Wildman–Crippen LogP) is 4.63. The smallest absolute Gasteiger partial charge is 0.237 e. The molecule has 2 heterocycles. The summed E-state index contributed by atoms with van der Waals surface area (Å²) in [5.74, 6) is -0.108. The second-order valence-electron chi connectivity index (χ2n) is 6.03. The molecule has 0 radical (unpaired) electrons. The summed E-state index contributed by atoms with van der Waals surface area (Å²) in [6.45, 7) is 7.50. The average Bonchev–Trinajstić information content (AvgIpc) is 2.90. The summed E-state index contributed by atoms with van der Waals surface area (Å²) in [4.78, 5) is 34.7. The fourth-order valence-corrected chi connectivity index (χ4v) is 4.53. The summed E-state index contributed by atoms with van der Waals surface area (Å²) in [6.07, 6.45) is 1.55. The molecule has 3 aromatic rings. The zero-order valence-electron chi connectivity index (χ0n) is 15.0. The number of hydrogen-bond acceptors (Lipinski definition) is 6. The maximum atomic E-state index is 12.5. The van der Waals surface area contributed by atoms with Gasteiger partial charge in [-0.15, -0.1) is 11.3 Å². The van der Waals surface area contributed by atoms with E-state index in [2.05, 4.69) is 29.1 Å². The molecule has 0 spiro atoms. The van der Waals surface area contributed by atoms with E-state index < -0.39 is 0 Å². The number of anilines is 1. The van der Waals surface area contributed by atoms with E-state index >= 15 is 0 Å². The van der Waals surface area contributed by atoms with E-state index in [-0.39, 0.29) is 16.9 Å². The Morgan fingerprint density at radius 2 is 1.85 bits per heavy atom. The van der Waals surface area contributed by atoms with Crippen molar-refractivity contribution in [2.75, 3.05) is 5.32 Å². The quantitative estimate of drug-likeness (QED) is 0.394. The van der Waals surface area contributed by atoms with Crippen LogP contribution in [0.5, 0.6) is 0 Å². The number of benzene rings is 1. The predicted molar refractivity (Wildman–Crippen MR) is 107 cm³/mol. The van der Waals surface area contributed by atoms with Gasteiger partial charge in [0.25, 0.3) is 0 Å². The number of rotatable bonds is 5. The van der Waals surface area contributed by atoms with E-state index in [0.717, 1.165) is 15.2 Å². The Bertz CT molecular complexity index is 980. The SMILES string of the molecule is CC(=O)c1ccc(NC(=O)C(C)Sc2ncnc3sc(C)c(C)c23)cc1. The molecular formula is C19H19N3O2S2. The van der Waals surface area contributed by atoms with Crippen molar-refractivity contribution >= 4 is 50.7 Å². The van der Waals surface area contributed by atoms with Crippen LogP contribution in [0.25, 0.3) is 10.2 Å². The van der Waals surface area contributed by atoms with Crippen LogP contribution in [-0.2, 0) is 4.79 Å². The number of thioether (sulfide) groups is 1. The minimum atomic E-state index is -0.319. The van der Waals surface area contributed by atoms with Gasteiger partial charge in [-0.3, -0.25) is 9.59 Å². The highest BCUT2D eigenvalue weighted by atomic mass is 32.2. The van der Waals surface area contributed by atoms with E-state index in [0.29, 0.717) is 11.3 Å². The average molecular weight is 386 g/mol. The van der Waals surface area contributed by atoms with Crippen LogP contribution in [0, 0.1) is 13.8 Å². The van der Waals surface area contributed by atoms with Gasteiger partial charge in [-0.1, -0.05) is 11.8 Å². The number of nitrogens with zero attached hydrogens (tertiary/aromatic N) is 2. The number of thiophene rings is 1. The van der Waals surface area contributed by atoms with Crippen molar-refractivity contribution < 1.29 is 9.59 Å². The number of carbonyl (C=O) groups excluding carboxylic acids is 2. The van der Waals surface area contributed by atoms with Gasteiger partial charge in [-0.2, -0.15) is 0 Å². The highest BCUT2D eigenvalue weighted by Gasteiger charge is 2.19. The van der Waals surface area contributed by atoms with Crippen LogP contribution in [0.3, 0.4) is 0 Å². The molecular weight excluding hydrogens is 366 g/mol. The second kappa shape index (κ2) is 7.55. The lowest BCUT2D eigenvalue weighted by Gasteiger charge is -2.12. The standard InChI is InChI=1S/C19H19N3O2S2/c1-10-12(3)25-18-16(10)19(21-9-20-18)26-13(4)17(24)22-15-7-5-14(6-8-15)11(2)23/h5-9,13H,1-4H3,(H,22,24). The van der Waals surface area contributed by atoms with Crippen molar-refractivity contribution in [1.29, 1.82) is 0 Å². The topological polar surface area (TPSA) is 72.0 Å². The molecule has 5 nitrogen and oxygen atoms in total. The Balaban J connectivity index is 1.74. The van der Waals surface area contributed by atoms with Gasteiger partial charge in [0.05, 0.1) is 5.25 Å². The third kappa shape index (κ3) is 3.78. The largest absolute Gasteiger partial charge is 0.325 e. The Kier molecular flexibility index (Phi) is 5.38. The van der Waals surface area contributed by atoms with Gasteiger partial charge in [0.2, 0.25) is 5.91 Å². The molecule has 1 aromatic carbocycles. The highest BCUT2D eigenvalue weighted by Crippen LogP contribution is 2.36. The molecule has 0 aliphatic heterocycles. The molecule has 1 amide bonds. The number of aromatic nitrogens is 2. The summed E-state index contributed by atoms with van der Waals surface area (Å²) in [7, 11) is 0. The lowest BCUT2D eigenvalue weighted by atomic mass is 10.1. The van der Waals surface area contributed by atoms with Crippen LogP contribution in [0.2, 0.25) is 0 Å². The molecule has 0 aliphatic carbocycles. The van der Waals surface area contributed by atoms with Crippen molar-refractivity contribution in [3.8, 4) is 0 Å². The molecule has 0 fully saturated rings. The summed E-state index contributed by atoms with van der Waals surface area (Å²) in [5, 5.41) is 4.42. The van der Waals surface area contributed by atoms with Crippen molar-refractivity contribution in [1.82, 2.24) is 9.97 Å². The molecule has 26 heavy (non-hydrogen) atoms. The Hall–Kier alpha value is -2.25. The summed E-state index contributed by atoms with van der Waals surface area (Å²) in [6, 6.07) is 6.89. The lowest BCUT2D eigenvalue weighted by molar-refractivity contribution is -0.115. The fraction of sp³-hybridized carbons (Fsp3) is 0.263. The maximum Gasteiger partial charge on any atom is 0.237 e. The van der Waals surface area contributed by atoms with Gasteiger partial charge in [-0.25, -0.2) is 9.97 Å². The van der Waals surface area contributed by atoms with E-state index in [4.69, 9.17) is 0 Å². The first-order valence-electron chi connectivity index (χ1n) is 8.16. The minimum Gasteiger partial charge on any atom is -0.325 e. The molecule has 1 unspecified atom stereocenters. The van der Waals surface area contributed by atoms with Crippen LogP contribution in [0.4, 0.5) is 5.69 Å². The zero-order valence-corrected chi connectivity index (χ0v) is 16.6. The molecule has 0 aliphatic rings. The molecule has 3 rings (SSSR count). The van der Waals surface area contributed by atoms with Gasteiger partial charge < -0.3 is 5.32 Å². The first kappa shape index (κ1) is 18.5. The monoisotopic (exact) mass is 385 g/mol. The Morgan fingerprint density at radius 1 is 1.15 bits per heavy atom. The highest BCUT2D eigenvalue weighted by molar-refractivity contribution is 8.00. The number of Topliss-reactive ketones (excluding diaryl/α,β-unsaturated/α-hetero) is 1. The van der Waals surface area contributed by atoms with Gasteiger partial charge in [0.15, 0.2) is 5.78 Å². The molecule has 134 valence electrons. The van der Waals surface area contributed by atoms with Crippen LogP contribution < -0.4 is 5.32 Å². The Labute approximate surface area is 160 Å². The van der Waals surface area contributed by atoms with E-state index in [1.165, 1.54) is 29.1 Å².